The summed E-state index contributed by atoms with van der Waals surface area (Å²) in [7, 11) is 0. The number of benzene rings is 2. The van der Waals surface area contributed by atoms with E-state index < -0.39 is 0 Å². The second-order valence-electron chi connectivity index (χ2n) is 4.22. The summed E-state index contributed by atoms with van der Waals surface area (Å²) < 4.78 is 1.13. The fourth-order valence-corrected chi connectivity index (χ4v) is 2.15. The Hall–Kier alpha value is -1.12. The zero-order valence-electron chi connectivity index (χ0n) is 9.91. The molecular weight excluding hydrogens is 274 g/mol. The van der Waals surface area contributed by atoms with Crippen molar-refractivity contribution in [1.29, 1.82) is 0 Å². The van der Waals surface area contributed by atoms with E-state index in [1.54, 1.807) is 0 Å². The number of aryl methyl sites for hydroxylation is 1. The van der Waals surface area contributed by atoms with Crippen LogP contribution < -0.4 is 5.32 Å². The number of rotatable bonds is 4. The largest absolute Gasteiger partial charge is 0.309 e. The quantitative estimate of drug-likeness (QED) is 0.896. The Kier molecular flexibility index (Phi) is 4.35. The van der Waals surface area contributed by atoms with E-state index >= 15 is 0 Å². The Morgan fingerprint density at radius 3 is 2.35 bits per heavy atom. The normalized spacial score (nSPS) is 10.5. The van der Waals surface area contributed by atoms with Gasteiger partial charge in [0.2, 0.25) is 0 Å². The molecule has 17 heavy (non-hydrogen) atoms. The molecule has 1 N–H and O–H groups in total. The van der Waals surface area contributed by atoms with E-state index in [-0.39, 0.29) is 0 Å². The molecule has 88 valence electrons. The van der Waals surface area contributed by atoms with Crippen LogP contribution in [0.5, 0.6) is 0 Å². The van der Waals surface area contributed by atoms with Crippen molar-refractivity contribution in [3.05, 3.63) is 69.7 Å². The molecule has 0 saturated carbocycles. The lowest BCUT2D eigenvalue weighted by Gasteiger charge is -2.06. The third-order valence-corrected chi connectivity index (χ3v) is 3.16. The van der Waals surface area contributed by atoms with Crippen LogP contribution in [0.25, 0.3) is 0 Å². The molecule has 0 saturated heterocycles. The molecule has 0 unspecified atom stereocenters. The summed E-state index contributed by atoms with van der Waals surface area (Å²) >= 11 is 3.48. The number of halogens is 1. The molecule has 2 aromatic rings. The molecule has 2 aromatic carbocycles. The molecule has 2 heteroatoms. The molecule has 2 rings (SSSR count). The van der Waals surface area contributed by atoms with Gasteiger partial charge in [0.25, 0.3) is 0 Å². The van der Waals surface area contributed by atoms with Gasteiger partial charge in [-0.2, -0.15) is 0 Å². The summed E-state index contributed by atoms with van der Waals surface area (Å²) in [6, 6.07) is 17.0. The minimum atomic E-state index is 0.896. The summed E-state index contributed by atoms with van der Waals surface area (Å²) in [5.74, 6) is 0. The van der Waals surface area contributed by atoms with Gasteiger partial charge < -0.3 is 5.32 Å². The van der Waals surface area contributed by atoms with Gasteiger partial charge in [-0.05, 0) is 30.2 Å². The van der Waals surface area contributed by atoms with Crippen molar-refractivity contribution in [2.45, 2.75) is 20.0 Å². The average Bonchev–Trinajstić information content (AvgIpc) is 2.32. The second-order valence-corrected chi connectivity index (χ2v) is 5.13. The van der Waals surface area contributed by atoms with Crippen molar-refractivity contribution in [1.82, 2.24) is 5.32 Å². The first kappa shape index (κ1) is 12.3. The van der Waals surface area contributed by atoms with Crippen molar-refractivity contribution >= 4 is 15.9 Å². The lowest BCUT2D eigenvalue weighted by molar-refractivity contribution is 0.693. The van der Waals surface area contributed by atoms with Crippen LogP contribution in [-0.2, 0) is 13.1 Å². The Labute approximate surface area is 111 Å². The van der Waals surface area contributed by atoms with Crippen LogP contribution in [0.2, 0.25) is 0 Å². The zero-order chi connectivity index (χ0) is 12.1. The zero-order valence-corrected chi connectivity index (χ0v) is 11.5. The number of hydrogen-bond donors (Lipinski definition) is 1. The van der Waals surface area contributed by atoms with E-state index in [1.165, 1.54) is 16.7 Å². The van der Waals surface area contributed by atoms with Crippen molar-refractivity contribution in [2.24, 2.45) is 0 Å². The minimum absolute atomic E-state index is 0.896. The SMILES string of the molecule is Cc1ccc(CNCc2cccc(Br)c2)cc1. The van der Waals surface area contributed by atoms with Gasteiger partial charge in [-0.3, -0.25) is 0 Å². The first-order valence-electron chi connectivity index (χ1n) is 5.75. The standard InChI is InChI=1S/C15H16BrN/c1-12-5-7-13(8-6-12)10-17-11-14-3-2-4-15(16)9-14/h2-9,17H,10-11H2,1H3. The van der Waals surface area contributed by atoms with Gasteiger partial charge in [0, 0.05) is 17.6 Å². The first-order valence-corrected chi connectivity index (χ1v) is 6.54. The Morgan fingerprint density at radius 2 is 1.65 bits per heavy atom. The van der Waals surface area contributed by atoms with Crippen LogP contribution in [0.3, 0.4) is 0 Å². The van der Waals surface area contributed by atoms with Gasteiger partial charge in [-0.1, -0.05) is 57.9 Å². The Balaban J connectivity index is 1.85. The van der Waals surface area contributed by atoms with Gasteiger partial charge in [-0.15, -0.1) is 0 Å². The van der Waals surface area contributed by atoms with Gasteiger partial charge in [0.1, 0.15) is 0 Å². The summed E-state index contributed by atoms with van der Waals surface area (Å²) in [6.45, 7) is 3.92. The fourth-order valence-electron chi connectivity index (χ4n) is 1.70. The van der Waals surface area contributed by atoms with Gasteiger partial charge in [-0.25, -0.2) is 0 Å². The monoisotopic (exact) mass is 289 g/mol. The molecule has 0 aliphatic rings. The lowest BCUT2D eigenvalue weighted by atomic mass is 10.1. The highest BCUT2D eigenvalue weighted by atomic mass is 79.9. The number of nitrogens with one attached hydrogen (secondary N) is 1. The lowest BCUT2D eigenvalue weighted by Crippen LogP contribution is -2.12. The molecule has 0 amide bonds. The summed E-state index contributed by atoms with van der Waals surface area (Å²) in [4.78, 5) is 0. The topological polar surface area (TPSA) is 12.0 Å². The molecule has 0 spiro atoms. The summed E-state index contributed by atoms with van der Waals surface area (Å²) in [5, 5.41) is 3.44. The number of hydrogen-bond acceptors (Lipinski definition) is 1. The molecule has 0 atom stereocenters. The van der Waals surface area contributed by atoms with E-state index in [1.807, 2.05) is 6.07 Å². The van der Waals surface area contributed by atoms with Gasteiger partial charge >= 0.3 is 0 Å². The molecule has 0 bridgehead atoms. The van der Waals surface area contributed by atoms with Crippen molar-refractivity contribution in [2.75, 3.05) is 0 Å². The minimum Gasteiger partial charge on any atom is -0.309 e. The Bertz CT molecular complexity index is 477. The molecule has 0 aliphatic heterocycles. The predicted molar refractivity (Wildman–Crippen MR) is 75.9 cm³/mol. The van der Waals surface area contributed by atoms with Crippen LogP contribution in [0.1, 0.15) is 16.7 Å². The third kappa shape index (κ3) is 3.99. The van der Waals surface area contributed by atoms with E-state index in [0.29, 0.717) is 0 Å². The maximum Gasteiger partial charge on any atom is 0.0209 e. The van der Waals surface area contributed by atoms with E-state index in [9.17, 15) is 0 Å². The Morgan fingerprint density at radius 1 is 0.941 bits per heavy atom. The van der Waals surface area contributed by atoms with E-state index in [2.05, 4.69) is 70.6 Å². The maximum absolute atomic E-state index is 3.48. The van der Waals surface area contributed by atoms with Gasteiger partial charge in [0.05, 0.1) is 0 Å². The van der Waals surface area contributed by atoms with Crippen molar-refractivity contribution < 1.29 is 0 Å². The summed E-state index contributed by atoms with van der Waals surface area (Å²) in [5.41, 5.74) is 3.93. The van der Waals surface area contributed by atoms with Gasteiger partial charge in [0.15, 0.2) is 0 Å². The van der Waals surface area contributed by atoms with Crippen LogP contribution in [0.4, 0.5) is 0 Å². The second kappa shape index (κ2) is 5.99. The predicted octanol–water partition coefficient (Wildman–Crippen LogP) is 4.05. The smallest absolute Gasteiger partial charge is 0.0209 e. The van der Waals surface area contributed by atoms with E-state index in [0.717, 1.165) is 17.6 Å². The molecule has 0 radical (unpaired) electrons. The molecule has 1 nitrogen and oxygen atoms in total. The fraction of sp³-hybridized carbons (Fsp3) is 0.200. The molecule has 0 fully saturated rings. The molecule has 0 heterocycles. The van der Waals surface area contributed by atoms with Crippen LogP contribution in [0, 0.1) is 6.92 Å². The van der Waals surface area contributed by atoms with Crippen LogP contribution in [0.15, 0.2) is 53.0 Å². The highest BCUT2D eigenvalue weighted by molar-refractivity contribution is 9.10. The van der Waals surface area contributed by atoms with Crippen LogP contribution in [-0.4, -0.2) is 0 Å². The highest BCUT2D eigenvalue weighted by Gasteiger charge is 1.95. The van der Waals surface area contributed by atoms with Crippen molar-refractivity contribution in [3.8, 4) is 0 Å². The highest BCUT2D eigenvalue weighted by Crippen LogP contribution is 2.11. The maximum atomic E-state index is 3.48. The molecule has 0 aliphatic carbocycles. The molecular formula is C15H16BrN. The first-order chi connectivity index (χ1) is 8.24. The van der Waals surface area contributed by atoms with Crippen LogP contribution >= 0.6 is 15.9 Å². The average molecular weight is 290 g/mol. The summed E-state index contributed by atoms with van der Waals surface area (Å²) in [6.07, 6.45) is 0. The van der Waals surface area contributed by atoms with Crippen molar-refractivity contribution in [3.63, 3.8) is 0 Å². The third-order valence-electron chi connectivity index (χ3n) is 2.67. The van der Waals surface area contributed by atoms with E-state index in [4.69, 9.17) is 0 Å². The molecule has 0 aromatic heterocycles.